The Hall–Kier alpha value is -1.85. The average Bonchev–Trinajstić information content (AvgIpc) is 2.83. The average molecular weight is 295 g/mol. The van der Waals surface area contributed by atoms with Gasteiger partial charge in [0.1, 0.15) is 0 Å². The van der Waals surface area contributed by atoms with Crippen LogP contribution in [0.1, 0.15) is 17.7 Å². The highest BCUT2D eigenvalue weighted by Gasteiger charge is 2.03. The van der Waals surface area contributed by atoms with Crippen LogP contribution in [0.15, 0.2) is 42.9 Å². The highest BCUT2D eigenvalue weighted by Crippen LogP contribution is 1.99. The molecular formula is C14H19ClN4O. The second kappa shape index (κ2) is 8.35. The number of aryl methyl sites for hydroxylation is 2. The number of aromatic nitrogens is 2. The van der Waals surface area contributed by atoms with Crippen LogP contribution in [-0.2, 0) is 24.8 Å². The number of nitrogens with zero attached hydrogens (tertiary/aromatic N) is 2. The number of carbonyl (C=O) groups is 1. The van der Waals surface area contributed by atoms with Gasteiger partial charge in [-0.1, -0.05) is 30.3 Å². The fourth-order valence-corrected chi connectivity index (χ4v) is 1.74. The summed E-state index contributed by atoms with van der Waals surface area (Å²) in [6, 6.07) is 9.93. The van der Waals surface area contributed by atoms with Crippen molar-refractivity contribution in [3.8, 4) is 0 Å². The van der Waals surface area contributed by atoms with Crippen molar-refractivity contribution in [2.75, 3.05) is 0 Å². The Morgan fingerprint density at radius 3 is 2.70 bits per heavy atom. The first-order valence-electron chi connectivity index (χ1n) is 6.26. The van der Waals surface area contributed by atoms with E-state index in [9.17, 15) is 4.79 Å². The summed E-state index contributed by atoms with van der Waals surface area (Å²) < 4.78 is 1.88. The van der Waals surface area contributed by atoms with E-state index in [0.29, 0.717) is 19.4 Å². The van der Waals surface area contributed by atoms with Crippen LogP contribution in [0.25, 0.3) is 0 Å². The van der Waals surface area contributed by atoms with Gasteiger partial charge in [-0.05, 0) is 12.0 Å². The maximum Gasteiger partial charge on any atom is 0.234 e. The van der Waals surface area contributed by atoms with Gasteiger partial charge in [-0.25, -0.2) is 10.4 Å². The Kier molecular flexibility index (Phi) is 6.76. The molecule has 0 radical (unpaired) electrons. The molecule has 5 nitrogen and oxygen atoms in total. The number of carbonyl (C=O) groups excluding carboxylic acids is 1. The van der Waals surface area contributed by atoms with Gasteiger partial charge in [-0.2, -0.15) is 0 Å². The predicted molar refractivity (Wildman–Crippen MR) is 80.2 cm³/mol. The number of nitrogens with one attached hydrogen (secondary N) is 2. The van der Waals surface area contributed by atoms with Crippen molar-refractivity contribution in [1.29, 1.82) is 0 Å². The van der Waals surface area contributed by atoms with Crippen LogP contribution in [-0.4, -0.2) is 15.5 Å². The molecule has 108 valence electrons. The second-order valence-corrected chi connectivity index (χ2v) is 4.42. The van der Waals surface area contributed by atoms with Crippen molar-refractivity contribution in [2.24, 2.45) is 7.05 Å². The van der Waals surface area contributed by atoms with Gasteiger partial charge in [0.2, 0.25) is 5.91 Å². The predicted octanol–water partition coefficient (Wildman–Crippen LogP) is 1.60. The molecule has 1 aromatic carbocycles. The van der Waals surface area contributed by atoms with Gasteiger partial charge in [0.25, 0.3) is 0 Å². The monoisotopic (exact) mass is 294 g/mol. The molecule has 2 aromatic rings. The number of hydrazine groups is 1. The number of amides is 1. The molecule has 2 N–H and O–H groups in total. The lowest BCUT2D eigenvalue weighted by Crippen LogP contribution is -2.36. The van der Waals surface area contributed by atoms with Gasteiger partial charge >= 0.3 is 0 Å². The zero-order valence-corrected chi connectivity index (χ0v) is 12.2. The summed E-state index contributed by atoms with van der Waals surface area (Å²) in [5, 5.41) is 0. The van der Waals surface area contributed by atoms with Crippen LogP contribution < -0.4 is 10.9 Å². The van der Waals surface area contributed by atoms with Gasteiger partial charge in [0, 0.05) is 26.2 Å². The first-order chi connectivity index (χ1) is 9.24. The molecule has 0 aliphatic carbocycles. The van der Waals surface area contributed by atoms with Gasteiger partial charge in [-0.3, -0.25) is 10.2 Å². The van der Waals surface area contributed by atoms with Crippen molar-refractivity contribution in [3.05, 3.63) is 54.1 Å². The maximum atomic E-state index is 11.6. The third-order valence-electron chi connectivity index (χ3n) is 2.73. The van der Waals surface area contributed by atoms with E-state index < -0.39 is 0 Å². The lowest BCUT2D eigenvalue weighted by Gasteiger charge is -2.06. The molecule has 1 aromatic heterocycles. The third-order valence-corrected chi connectivity index (χ3v) is 2.73. The highest BCUT2D eigenvalue weighted by molar-refractivity contribution is 5.85. The number of imidazole rings is 1. The van der Waals surface area contributed by atoms with E-state index in [4.69, 9.17) is 0 Å². The quantitative estimate of drug-likeness (QED) is 0.796. The van der Waals surface area contributed by atoms with E-state index in [0.717, 1.165) is 11.3 Å². The van der Waals surface area contributed by atoms with Gasteiger partial charge in [-0.15, -0.1) is 12.4 Å². The normalized spacial score (nSPS) is 9.85. The van der Waals surface area contributed by atoms with Crippen LogP contribution >= 0.6 is 12.4 Å². The lowest BCUT2D eigenvalue weighted by molar-refractivity contribution is -0.122. The Morgan fingerprint density at radius 1 is 1.30 bits per heavy atom. The van der Waals surface area contributed by atoms with E-state index in [-0.39, 0.29) is 18.3 Å². The van der Waals surface area contributed by atoms with Crippen LogP contribution in [0.2, 0.25) is 0 Å². The maximum absolute atomic E-state index is 11.6. The lowest BCUT2D eigenvalue weighted by atomic mass is 10.2. The molecule has 0 bridgehead atoms. The Balaban J connectivity index is 0.00000200. The number of hydrogen-bond donors (Lipinski definition) is 2. The molecule has 0 saturated carbocycles. The minimum absolute atomic E-state index is 0. The summed E-state index contributed by atoms with van der Waals surface area (Å²) in [6.45, 7) is 0.621. The molecule has 6 heteroatoms. The SMILES string of the molecule is Cl.Cn1cnc(CCC(=O)NNCc2ccccc2)c1. The molecule has 0 aliphatic heterocycles. The number of hydrogen-bond acceptors (Lipinski definition) is 3. The third kappa shape index (κ3) is 5.42. The molecule has 1 amide bonds. The van der Waals surface area contributed by atoms with Gasteiger partial charge < -0.3 is 4.57 Å². The Bertz CT molecular complexity index is 527. The zero-order chi connectivity index (χ0) is 13.5. The molecule has 0 unspecified atom stereocenters. The van der Waals surface area contributed by atoms with Crippen LogP contribution in [0.4, 0.5) is 0 Å². The largest absolute Gasteiger partial charge is 0.340 e. The summed E-state index contributed by atoms with van der Waals surface area (Å²) in [4.78, 5) is 15.8. The first kappa shape index (κ1) is 16.2. The zero-order valence-electron chi connectivity index (χ0n) is 11.4. The van der Waals surface area contributed by atoms with Crippen LogP contribution in [0.3, 0.4) is 0 Å². The van der Waals surface area contributed by atoms with Gasteiger partial charge in [0.05, 0.1) is 12.0 Å². The van der Waals surface area contributed by atoms with Crippen molar-refractivity contribution in [3.63, 3.8) is 0 Å². The molecule has 20 heavy (non-hydrogen) atoms. The number of rotatable bonds is 6. The fourth-order valence-electron chi connectivity index (χ4n) is 1.74. The van der Waals surface area contributed by atoms with Crippen molar-refractivity contribution in [2.45, 2.75) is 19.4 Å². The minimum atomic E-state index is -0.0263. The molecule has 0 atom stereocenters. The summed E-state index contributed by atoms with van der Waals surface area (Å²) in [6.07, 6.45) is 4.74. The summed E-state index contributed by atoms with van der Waals surface area (Å²) in [5.41, 5.74) is 7.67. The Labute approximate surface area is 124 Å². The van der Waals surface area contributed by atoms with Crippen molar-refractivity contribution in [1.82, 2.24) is 20.4 Å². The smallest absolute Gasteiger partial charge is 0.234 e. The molecule has 0 aliphatic rings. The molecule has 2 rings (SSSR count). The summed E-state index contributed by atoms with van der Waals surface area (Å²) in [5.74, 6) is -0.0263. The van der Waals surface area contributed by atoms with E-state index >= 15 is 0 Å². The van der Waals surface area contributed by atoms with Gasteiger partial charge in [0.15, 0.2) is 0 Å². The highest BCUT2D eigenvalue weighted by atomic mass is 35.5. The molecule has 0 saturated heterocycles. The summed E-state index contributed by atoms with van der Waals surface area (Å²) >= 11 is 0. The van der Waals surface area contributed by atoms with Crippen LogP contribution in [0, 0.1) is 0 Å². The molecular weight excluding hydrogens is 276 g/mol. The van der Waals surface area contributed by atoms with Crippen molar-refractivity contribution >= 4 is 18.3 Å². The van der Waals surface area contributed by atoms with Crippen molar-refractivity contribution < 1.29 is 4.79 Å². The number of halogens is 1. The van der Waals surface area contributed by atoms with E-state index in [1.54, 1.807) is 6.33 Å². The number of benzene rings is 1. The van der Waals surface area contributed by atoms with E-state index in [1.807, 2.05) is 48.1 Å². The van der Waals surface area contributed by atoms with E-state index in [1.165, 1.54) is 0 Å². The summed E-state index contributed by atoms with van der Waals surface area (Å²) in [7, 11) is 1.91. The minimum Gasteiger partial charge on any atom is -0.340 e. The molecule has 1 heterocycles. The molecule has 0 fully saturated rings. The van der Waals surface area contributed by atoms with Crippen LogP contribution in [0.5, 0.6) is 0 Å². The fraction of sp³-hybridized carbons (Fsp3) is 0.286. The first-order valence-corrected chi connectivity index (χ1v) is 6.26. The Morgan fingerprint density at radius 2 is 2.05 bits per heavy atom. The second-order valence-electron chi connectivity index (χ2n) is 4.42. The molecule has 0 spiro atoms. The standard InChI is InChI=1S/C14H18N4O.ClH/c1-18-10-13(15-11-18)7-8-14(19)17-16-9-12-5-3-2-4-6-12;/h2-6,10-11,16H,7-9H2,1H3,(H,17,19);1H. The van der Waals surface area contributed by atoms with E-state index in [2.05, 4.69) is 15.8 Å². The topological polar surface area (TPSA) is 59.0 Å².